The summed E-state index contributed by atoms with van der Waals surface area (Å²) >= 11 is 0. The van der Waals surface area contributed by atoms with Gasteiger partial charge in [0.1, 0.15) is 12.7 Å². The van der Waals surface area contributed by atoms with Crippen molar-refractivity contribution in [1.29, 1.82) is 0 Å². The predicted molar refractivity (Wildman–Crippen MR) is 307 cm³/mol. The first-order valence-electron chi connectivity index (χ1n) is 30.2. The van der Waals surface area contributed by atoms with Gasteiger partial charge in [-0.2, -0.15) is 0 Å². The van der Waals surface area contributed by atoms with Gasteiger partial charge in [-0.05, 0) is 83.5 Å². The van der Waals surface area contributed by atoms with Gasteiger partial charge in [-0.25, -0.2) is 4.57 Å². The summed E-state index contributed by atoms with van der Waals surface area (Å²) in [6.07, 6.45) is 61.7. The molecule has 2 N–H and O–H groups in total. The van der Waals surface area contributed by atoms with Gasteiger partial charge < -0.3 is 24.2 Å². The maximum Gasteiger partial charge on any atom is 0.472 e. The second-order valence-electron chi connectivity index (χ2n) is 20.1. The lowest BCUT2D eigenvalue weighted by molar-refractivity contribution is -0.161. The van der Waals surface area contributed by atoms with Crippen molar-refractivity contribution >= 4 is 25.7 Å². The summed E-state index contributed by atoms with van der Waals surface area (Å²) in [6.45, 7) is 4.52. The zero-order valence-electron chi connectivity index (χ0n) is 47.6. The number of rotatable bonds is 56. The third kappa shape index (κ3) is 54.0. The summed E-state index contributed by atoms with van der Waals surface area (Å²) in [7, 11) is -4.75. The van der Waals surface area contributed by atoms with E-state index < -0.39 is 57.8 Å². The number of unbranched alkanes of at least 4 members (excludes halogenated alkanes) is 29. The first-order chi connectivity index (χ1) is 36.2. The molecule has 0 aliphatic heterocycles. The molecule has 0 spiro atoms. The topological polar surface area (TPSA) is 155 Å². The molecule has 0 amide bonds. The van der Waals surface area contributed by atoms with Gasteiger partial charge in [0.25, 0.3) is 0 Å². The Morgan fingerprint density at radius 3 is 1.11 bits per heavy atom. The summed E-state index contributed by atoms with van der Waals surface area (Å²) < 4.78 is 39.6. The molecule has 0 bridgehead atoms. The number of esters is 3. The van der Waals surface area contributed by atoms with Gasteiger partial charge in [0.05, 0.1) is 19.8 Å². The van der Waals surface area contributed by atoms with Crippen molar-refractivity contribution in [3.63, 3.8) is 0 Å². The van der Waals surface area contributed by atoms with Crippen LogP contribution in [0.25, 0.3) is 0 Å². The minimum atomic E-state index is -4.75. The van der Waals surface area contributed by atoms with Crippen molar-refractivity contribution < 1.29 is 52.2 Å². The third-order valence-electron chi connectivity index (χ3n) is 12.9. The van der Waals surface area contributed by atoms with Gasteiger partial charge in [0, 0.05) is 19.3 Å². The lowest BCUT2D eigenvalue weighted by Gasteiger charge is -2.21. The van der Waals surface area contributed by atoms with Crippen LogP contribution in [0, 0.1) is 0 Å². The Labute approximate surface area is 453 Å². The Morgan fingerprint density at radius 1 is 0.392 bits per heavy atom. The molecule has 0 fully saturated rings. The third-order valence-corrected chi connectivity index (χ3v) is 13.9. The van der Waals surface area contributed by atoms with Crippen LogP contribution in [-0.2, 0) is 42.2 Å². The first-order valence-corrected chi connectivity index (χ1v) is 31.7. The molecule has 3 unspecified atom stereocenters. The molecule has 0 saturated heterocycles. The van der Waals surface area contributed by atoms with Crippen LogP contribution in [0.1, 0.15) is 278 Å². The number of phosphoric acid groups is 1. The lowest BCUT2D eigenvalue weighted by Crippen LogP contribution is -2.30. The Hall–Kier alpha value is -2.82. The Balaban J connectivity index is 4.70. The minimum absolute atomic E-state index is 0.158. The van der Waals surface area contributed by atoms with Crippen LogP contribution in [0.2, 0.25) is 0 Å². The largest absolute Gasteiger partial charge is 0.472 e. The number of phosphoric ester groups is 1. The van der Waals surface area contributed by atoms with Crippen LogP contribution in [0.5, 0.6) is 0 Å². The fraction of sp³-hybridized carbons (Fsp3) is 0.790. The van der Waals surface area contributed by atoms with Crippen LogP contribution in [0.4, 0.5) is 0 Å². The number of hydrogen-bond acceptors (Lipinski definition) is 10. The molecule has 0 aromatic carbocycles. The number of allylic oxidation sites excluding steroid dienone is 10. The van der Waals surface area contributed by atoms with E-state index in [0.29, 0.717) is 19.3 Å². The smallest absolute Gasteiger partial charge is 0.462 e. The zero-order valence-corrected chi connectivity index (χ0v) is 48.5. The van der Waals surface area contributed by atoms with Crippen LogP contribution in [0.15, 0.2) is 60.8 Å². The Kier molecular flexibility index (Phi) is 54.2. The lowest BCUT2D eigenvalue weighted by atomic mass is 10.0. The van der Waals surface area contributed by atoms with Crippen molar-refractivity contribution in [2.75, 3.05) is 26.4 Å². The molecule has 0 heterocycles. The molecule has 0 aliphatic rings. The van der Waals surface area contributed by atoms with E-state index in [2.05, 4.69) is 81.5 Å². The molecular formula is C62H111O11P. The van der Waals surface area contributed by atoms with Crippen molar-refractivity contribution in [2.45, 2.75) is 290 Å². The maximum atomic E-state index is 12.9. The van der Waals surface area contributed by atoms with Gasteiger partial charge in [-0.3, -0.25) is 23.4 Å². The highest BCUT2D eigenvalue weighted by Gasteiger charge is 2.28. The maximum absolute atomic E-state index is 12.9. The van der Waals surface area contributed by atoms with E-state index in [4.69, 9.17) is 23.3 Å². The van der Waals surface area contributed by atoms with Crippen molar-refractivity contribution in [3.05, 3.63) is 60.8 Å². The van der Waals surface area contributed by atoms with Crippen LogP contribution in [-0.4, -0.2) is 66.5 Å². The molecule has 12 heteroatoms. The minimum Gasteiger partial charge on any atom is -0.462 e. The molecule has 11 nitrogen and oxygen atoms in total. The second kappa shape index (κ2) is 56.4. The highest BCUT2D eigenvalue weighted by Crippen LogP contribution is 2.43. The van der Waals surface area contributed by atoms with E-state index >= 15 is 0 Å². The number of aliphatic hydroxyl groups excluding tert-OH is 1. The van der Waals surface area contributed by atoms with Crippen LogP contribution >= 0.6 is 7.82 Å². The molecule has 0 aliphatic carbocycles. The monoisotopic (exact) mass is 1060 g/mol. The van der Waals surface area contributed by atoms with Gasteiger partial charge in [-0.1, -0.05) is 236 Å². The van der Waals surface area contributed by atoms with Gasteiger partial charge in [0.15, 0.2) is 6.10 Å². The molecule has 3 atom stereocenters. The quantitative estimate of drug-likeness (QED) is 0.0197. The highest BCUT2D eigenvalue weighted by atomic mass is 31.2. The standard InChI is InChI=1S/C62H111O11P/c1-4-7-10-13-16-19-22-25-27-28-29-30-32-35-38-41-44-47-50-53-62(66)73-59(55-69-60(64)51-48-45-42-39-36-33-24-21-18-15-12-9-6-3)57-71-74(67,68)70-56-58(54-63)72-61(65)52-49-46-43-40-37-34-31-26-23-20-17-14-11-8-5-2/h8,11,16-17,19-20,25-27,31,58-59,63H,4-7,9-10,12-15,18,21-24,28-30,32-57H2,1-3H3,(H,67,68)/b11-8-,19-16-,20-17-,27-25-,31-26-. The fourth-order valence-corrected chi connectivity index (χ4v) is 9.13. The van der Waals surface area contributed by atoms with Crippen molar-refractivity contribution in [1.82, 2.24) is 0 Å². The number of aliphatic hydroxyl groups is 1. The number of carbonyl (C=O) groups excluding carboxylic acids is 3. The first kappa shape index (κ1) is 71.2. The van der Waals surface area contributed by atoms with E-state index in [9.17, 15) is 28.9 Å². The van der Waals surface area contributed by atoms with Crippen LogP contribution in [0.3, 0.4) is 0 Å². The summed E-state index contributed by atoms with van der Waals surface area (Å²) in [4.78, 5) is 48.6. The molecule has 0 aromatic heterocycles. The molecule has 74 heavy (non-hydrogen) atoms. The van der Waals surface area contributed by atoms with Crippen LogP contribution < -0.4 is 0 Å². The summed E-state index contributed by atoms with van der Waals surface area (Å²) in [5.74, 6) is -1.47. The predicted octanol–water partition coefficient (Wildman–Crippen LogP) is 17.9. The normalized spacial score (nSPS) is 13.7. The van der Waals surface area contributed by atoms with Gasteiger partial charge in [0.2, 0.25) is 0 Å². The van der Waals surface area contributed by atoms with E-state index in [1.54, 1.807) is 0 Å². The molecule has 0 rings (SSSR count). The molecule has 0 aromatic rings. The zero-order chi connectivity index (χ0) is 54.1. The SMILES string of the molecule is CC/C=C\C/C=C\C/C=C\CCCCCCCC(=O)OC(CO)COP(=O)(O)OCC(COC(=O)CCCCCCCCCCCCCCC)OC(=O)CCCCCCCCCCC/C=C\C/C=C\CCCCC. The van der Waals surface area contributed by atoms with Crippen molar-refractivity contribution in [3.8, 4) is 0 Å². The second-order valence-corrected chi connectivity index (χ2v) is 21.6. The molecule has 0 radical (unpaired) electrons. The molecule has 0 saturated carbocycles. The average molecular weight is 1060 g/mol. The van der Waals surface area contributed by atoms with E-state index in [1.165, 1.54) is 116 Å². The molecule has 430 valence electrons. The average Bonchev–Trinajstić information content (AvgIpc) is 3.39. The number of hydrogen-bond donors (Lipinski definition) is 2. The highest BCUT2D eigenvalue weighted by molar-refractivity contribution is 7.47. The summed E-state index contributed by atoms with van der Waals surface area (Å²) in [5.41, 5.74) is 0. The number of ether oxygens (including phenoxy) is 3. The van der Waals surface area contributed by atoms with Gasteiger partial charge in [-0.15, -0.1) is 0 Å². The van der Waals surface area contributed by atoms with Gasteiger partial charge >= 0.3 is 25.7 Å². The molecular weight excluding hydrogens is 952 g/mol. The van der Waals surface area contributed by atoms with E-state index in [1.807, 2.05) is 0 Å². The Bertz CT molecular complexity index is 1470. The number of carbonyl (C=O) groups is 3. The summed E-state index contributed by atoms with van der Waals surface area (Å²) in [6, 6.07) is 0. The van der Waals surface area contributed by atoms with E-state index in [0.717, 1.165) is 103 Å². The van der Waals surface area contributed by atoms with E-state index in [-0.39, 0.29) is 25.9 Å². The Morgan fingerprint density at radius 2 is 0.703 bits per heavy atom. The summed E-state index contributed by atoms with van der Waals surface area (Å²) in [5, 5.41) is 9.82. The van der Waals surface area contributed by atoms with Crippen molar-refractivity contribution in [2.24, 2.45) is 0 Å². The fourth-order valence-electron chi connectivity index (χ4n) is 8.34.